The Labute approximate surface area is 267 Å². The number of anilines is 1. The van der Waals surface area contributed by atoms with Gasteiger partial charge >= 0.3 is 0 Å². The van der Waals surface area contributed by atoms with Crippen LogP contribution in [0.15, 0.2) is 113 Å². The van der Waals surface area contributed by atoms with E-state index in [1.165, 1.54) is 21.6 Å². The molecule has 12 nitrogen and oxygen atoms in total. The number of fused-ring (bicyclic) bond motifs is 3. The molecule has 0 fully saturated rings. The van der Waals surface area contributed by atoms with Crippen molar-refractivity contribution in [2.45, 2.75) is 17.3 Å². The van der Waals surface area contributed by atoms with E-state index in [4.69, 9.17) is 0 Å². The van der Waals surface area contributed by atoms with Gasteiger partial charge in [0.1, 0.15) is 10.9 Å². The minimum Gasteiger partial charge on any atom is -0.351 e. The fourth-order valence-corrected chi connectivity index (χ4v) is 5.71. The van der Waals surface area contributed by atoms with Gasteiger partial charge in [0.2, 0.25) is 18.1 Å². The number of aryl methyl sites for hydroxylation is 1. The number of hydrogen-bond donors (Lipinski definition) is 1. The first-order chi connectivity index (χ1) is 22.2. The zero-order valence-electron chi connectivity index (χ0n) is 25.1. The lowest BCUT2D eigenvalue weighted by atomic mass is 10.1. The molecule has 6 rings (SSSR count). The lowest BCUT2D eigenvalue weighted by molar-refractivity contribution is -0.384. The molecule has 0 bridgehead atoms. The van der Waals surface area contributed by atoms with E-state index >= 15 is 0 Å². The standard InChI is InChI=1S/C30H22N6O4S.C3H7NO/c1-19-16-17-23(25(18-19)36(39)40)31-27(37)26(20-10-4-2-5-11-20)41-30-33-32-29-34(21-12-6-3-7-13-21)28(38)22-14-8-9-15-24(22)35(29)30;1-4(2)3-5/h2-18,26H,1H3,(H,31,37);3H,1-2H3. The van der Waals surface area contributed by atoms with E-state index in [9.17, 15) is 24.5 Å². The predicted octanol–water partition coefficient (Wildman–Crippen LogP) is 5.43. The molecule has 1 atom stereocenters. The molecule has 0 saturated heterocycles. The lowest BCUT2D eigenvalue weighted by Gasteiger charge is -2.17. The molecule has 1 N–H and O–H groups in total. The van der Waals surface area contributed by atoms with Crippen molar-refractivity contribution in [3.05, 3.63) is 135 Å². The number of carbonyl (C=O) groups excluding carboxylic acids is 2. The van der Waals surface area contributed by atoms with Crippen molar-refractivity contribution < 1.29 is 14.5 Å². The van der Waals surface area contributed by atoms with E-state index in [1.807, 2.05) is 66.7 Å². The smallest absolute Gasteiger partial charge is 0.293 e. The van der Waals surface area contributed by atoms with Crippen molar-refractivity contribution in [1.29, 1.82) is 0 Å². The minimum atomic E-state index is -0.847. The number of hydrogen-bond acceptors (Lipinski definition) is 8. The third-order valence-electron chi connectivity index (χ3n) is 6.79. The summed E-state index contributed by atoms with van der Waals surface area (Å²) in [5, 5.41) is 23.2. The summed E-state index contributed by atoms with van der Waals surface area (Å²) in [4.78, 5) is 49.4. The molecule has 0 aliphatic carbocycles. The Morgan fingerprint density at radius 2 is 1.59 bits per heavy atom. The Bertz CT molecular complexity index is 2100. The molecule has 13 heteroatoms. The molecule has 0 aliphatic rings. The summed E-state index contributed by atoms with van der Waals surface area (Å²) in [6, 6.07) is 30.0. The summed E-state index contributed by atoms with van der Waals surface area (Å²) >= 11 is 1.14. The number of thioether (sulfide) groups is 1. The molecule has 0 aliphatic heterocycles. The van der Waals surface area contributed by atoms with Gasteiger partial charge in [-0.3, -0.25) is 28.9 Å². The van der Waals surface area contributed by atoms with E-state index in [1.54, 1.807) is 49.7 Å². The van der Waals surface area contributed by atoms with Gasteiger partial charge in [0.25, 0.3) is 11.2 Å². The van der Waals surface area contributed by atoms with Crippen LogP contribution in [0.3, 0.4) is 0 Å². The number of benzene rings is 4. The number of nitro benzene ring substituents is 1. The number of nitrogens with one attached hydrogen (secondary N) is 1. The first-order valence-electron chi connectivity index (χ1n) is 14.0. The first kappa shape index (κ1) is 31.6. The second-order valence-electron chi connectivity index (χ2n) is 10.4. The van der Waals surface area contributed by atoms with Crippen molar-refractivity contribution >= 4 is 52.1 Å². The van der Waals surface area contributed by atoms with Crippen molar-refractivity contribution in [1.82, 2.24) is 24.1 Å². The van der Waals surface area contributed by atoms with Crippen LogP contribution in [-0.2, 0) is 9.59 Å². The highest BCUT2D eigenvalue weighted by Crippen LogP contribution is 2.37. The van der Waals surface area contributed by atoms with Gasteiger partial charge < -0.3 is 10.2 Å². The van der Waals surface area contributed by atoms with Gasteiger partial charge in [0, 0.05) is 20.2 Å². The Hall–Kier alpha value is -5.82. The molecule has 6 aromatic rings. The first-order valence-corrected chi connectivity index (χ1v) is 14.9. The maximum Gasteiger partial charge on any atom is 0.293 e. The second kappa shape index (κ2) is 13.9. The van der Waals surface area contributed by atoms with Crippen LogP contribution >= 0.6 is 11.8 Å². The maximum absolute atomic E-state index is 13.8. The minimum absolute atomic E-state index is 0.0987. The van der Waals surface area contributed by atoms with Crippen molar-refractivity contribution in [3.8, 4) is 5.69 Å². The zero-order valence-corrected chi connectivity index (χ0v) is 25.9. The molecule has 0 radical (unpaired) electrons. The van der Waals surface area contributed by atoms with Crippen molar-refractivity contribution in [3.63, 3.8) is 0 Å². The molecule has 4 aromatic carbocycles. The molecule has 0 saturated carbocycles. The van der Waals surface area contributed by atoms with Crippen LogP contribution in [0.5, 0.6) is 0 Å². The average Bonchev–Trinajstić information content (AvgIpc) is 3.49. The quantitative estimate of drug-likeness (QED) is 0.101. The molecule has 2 amide bonds. The van der Waals surface area contributed by atoms with Gasteiger partial charge in [0.05, 0.1) is 21.5 Å². The van der Waals surface area contributed by atoms with Gasteiger partial charge in [-0.15, -0.1) is 10.2 Å². The molecule has 46 heavy (non-hydrogen) atoms. The van der Waals surface area contributed by atoms with Gasteiger partial charge in [-0.05, 0) is 48.4 Å². The normalized spacial score (nSPS) is 11.4. The molecule has 2 heterocycles. The van der Waals surface area contributed by atoms with Gasteiger partial charge in [0.15, 0.2) is 5.16 Å². The summed E-state index contributed by atoms with van der Waals surface area (Å²) in [6.45, 7) is 1.75. The Balaban J connectivity index is 0.000000775. The summed E-state index contributed by atoms with van der Waals surface area (Å²) in [6.07, 6.45) is 0.750. The number of amides is 2. The molecule has 0 spiro atoms. The van der Waals surface area contributed by atoms with Crippen LogP contribution in [0.25, 0.3) is 22.4 Å². The fourth-order valence-electron chi connectivity index (χ4n) is 4.67. The number of para-hydroxylation sites is 2. The van der Waals surface area contributed by atoms with Crippen LogP contribution in [-0.4, -0.2) is 55.4 Å². The summed E-state index contributed by atoms with van der Waals surface area (Å²) in [5.74, 6) is -0.172. The van der Waals surface area contributed by atoms with Crippen molar-refractivity contribution in [2.24, 2.45) is 0 Å². The van der Waals surface area contributed by atoms with Crippen LogP contribution in [0.2, 0.25) is 0 Å². The molecular formula is C33H29N7O5S. The Morgan fingerprint density at radius 3 is 2.24 bits per heavy atom. The fraction of sp³-hybridized carbons (Fsp3) is 0.121. The lowest BCUT2D eigenvalue weighted by Crippen LogP contribution is -2.22. The number of aromatic nitrogens is 4. The topological polar surface area (TPSA) is 145 Å². The highest BCUT2D eigenvalue weighted by atomic mass is 32.2. The van der Waals surface area contributed by atoms with Gasteiger partial charge in [-0.2, -0.15) is 0 Å². The molecule has 232 valence electrons. The number of nitro groups is 1. The average molecular weight is 636 g/mol. The van der Waals surface area contributed by atoms with Crippen molar-refractivity contribution in [2.75, 3.05) is 19.4 Å². The van der Waals surface area contributed by atoms with Crippen LogP contribution in [0.1, 0.15) is 16.4 Å². The van der Waals surface area contributed by atoms with Crippen LogP contribution in [0.4, 0.5) is 11.4 Å². The summed E-state index contributed by atoms with van der Waals surface area (Å²) < 4.78 is 3.25. The van der Waals surface area contributed by atoms with E-state index in [0.717, 1.165) is 18.2 Å². The maximum atomic E-state index is 13.8. The third-order valence-corrected chi connectivity index (χ3v) is 7.99. The van der Waals surface area contributed by atoms with E-state index in [2.05, 4.69) is 15.5 Å². The van der Waals surface area contributed by atoms with Crippen LogP contribution < -0.4 is 10.9 Å². The predicted molar refractivity (Wildman–Crippen MR) is 177 cm³/mol. The van der Waals surface area contributed by atoms with Crippen LogP contribution in [0, 0.1) is 17.0 Å². The zero-order chi connectivity index (χ0) is 32.8. The monoisotopic (exact) mass is 635 g/mol. The molecule has 1 unspecified atom stereocenters. The third kappa shape index (κ3) is 6.64. The van der Waals surface area contributed by atoms with Gasteiger partial charge in [-0.1, -0.05) is 78.5 Å². The highest BCUT2D eigenvalue weighted by molar-refractivity contribution is 8.00. The number of rotatable bonds is 8. The molecule has 2 aromatic heterocycles. The Morgan fingerprint density at radius 1 is 0.957 bits per heavy atom. The highest BCUT2D eigenvalue weighted by Gasteiger charge is 2.28. The number of carbonyl (C=O) groups is 2. The molecular weight excluding hydrogens is 606 g/mol. The van der Waals surface area contributed by atoms with E-state index < -0.39 is 16.1 Å². The van der Waals surface area contributed by atoms with Gasteiger partial charge in [-0.25, -0.2) is 4.57 Å². The number of nitrogens with zero attached hydrogens (tertiary/aromatic N) is 6. The van der Waals surface area contributed by atoms with E-state index in [0.29, 0.717) is 38.7 Å². The second-order valence-corrected chi connectivity index (χ2v) is 11.4. The SMILES string of the molecule is CN(C)C=O.Cc1ccc(NC(=O)C(Sc2nnc3n(-c4ccccc4)c(=O)c4ccccc4n23)c2ccccc2)c([N+](=O)[O-])c1. The van der Waals surface area contributed by atoms with E-state index in [-0.39, 0.29) is 16.9 Å². The summed E-state index contributed by atoms with van der Waals surface area (Å²) in [5.41, 5.74) is 2.25. The summed E-state index contributed by atoms with van der Waals surface area (Å²) in [7, 11) is 3.38. The largest absolute Gasteiger partial charge is 0.351 e. The Kier molecular flexibility index (Phi) is 9.53.